The van der Waals surface area contributed by atoms with Crippen molar-refractivity contribution in [2.75, 3.05) is 6.54 Å². The largest absolute Gasteiger partial charge is 0.392 e. The van der Waals surface area contributed by atoms with Crippen molar-refractivity contribution in [3.63, 3.8) is 0 Å². The van der Waals surface area contributed by atoms with Gasteiger partial charge in [-0.3, -0.25) is 4.79 Å². The van der Waals surface area contributed by atoms with Crippen LogP contribution in [0.15, 0.2) is 29.2 Å². The highest BCUT2D eigenvalue weighted by atomic mass is 35.5. The molecule has 0 unspecified atom stereocenters. The molecule has 0 heterocycles. The van der Waals surface area contributed by atoms with Crippen LogP contribution in [0.1, 0.15) is 12.8 Å². The number of hydrogen-bond acceptors (Lipinski definition) is 5. The van der Waals surface area contributed by atoms with Crippen molar-refractivity contribution >= 4 is 27.3 Å². The second kappa shape index (κ2) is 6.65. The summed E-state index contributed by atoms with van der Waals surface area (Å²) in [6.07, 6.45) is -1.08. The van der Waals surface area contributed by atoms with E-state index >= 15 is 0 Å². The van der Waals surface area contributed by atoms with Crippen LogP contribution in [0.4, 0.5) is 0 Å². The van der Waals surface area contributed by atoms with Gasteiger partial charge in [0.25, 0.3) is 0 Å². The summed E-state index contributed by atoms with van der Waals surface area (Å²) in [5.41, 5.74) is 0. The molecule has 6 nitrogen and oxygen atoms in total. The van der Waals surface area contributed by atoms with E-state index in [4.69, 9.17) is 16.9 Å². The van der Waals surface area contributed by atoms with Gasteiger partial charge in [0.2, 0.25) is 5.91 Å². The van der Waals surface area contributed by atoms with Crippen LogP contribution in [0.25, 0.3) is 0 Å². The molecule has 1 fully saturated rings. The van der Waals surface area contributed by atoms with Crippen LogP contribution in [-0.2, 0) is 14.6 Å². The summed E-state index contributed by atoms with van der Waals surface area (Å²) in [6, 6.07) is 7.85. The zero-order chi connectivity index (χ0) is 16.3. The maximum atomic E-state index is 12.6. The zero-order valence-electron chi connectivity index (χ0n) is 11.6. The lowest BCUT2D eigenvalue weighted by Gasteiger charge is -2.13. The van der Waals surface area contributed by atoms with Crippen LogP contribution in [0, 0.1) is 17.2 Å². The second-order valence-electron chi connectivity index (χ2n) is 5.12. The molecule has 1 amide bonds. The molecule has 0 aromatic heterocycles. The van der Waals surface area contributed by atoms with Gasteiger partial charge < -0.3 is 10.4 Å². The SMILES string of the molecule is N#CCNC(=O)[C@@H]1C[C@H](S(=O)(=O)c2ccccc2Cl)C[C@H]1O. The van der Waals surface area contributed by atoms with E-state index in [0.717, 1.165) is 0 Å². The van der Waals surface area contributed by atoms with E-state index in [0.29, 0.717) is 0 Å². The first kappa shape index (κ1) is 16.7. The molecule has 0 aliphatic heterocycles. The standard InChI is InChI=1S/C14H15ClN2O4S/c15-11-3-1-2-4-13(11)22(20,21)9-7-10(12(18)8-9)14(19)17-6-5-16/h1-4,9-10,12,18H,6-8H2,(H,17,19)/t9-,10+,12+/m0/s1. The Kier molecular flexibility index (Phi) is 5.06. The highest BCUT2D eigenvalue weighted by Gasteiger charge is 2.44. The normalized spacial score (nSPS) is 24.7. The summed E-state index contributed by atoms with van der Waals surface area (Å²) in [5.74, 6) is -1.35. The Morgan fingerprint density at radius 2 is 2.09 bits per heavy atom. The molecule has 2 rings (SSSR count). The van der Waals surface area contributed by atoms with Gasteiger partial charge in [0.1, 0.15) is 6.54 Å². The smallest absolute Gasteiger partial charge is 0.226 e. The summed E-state index contributed by atoms with van der Waals surface area (Å²) in [6.45, 7) is -0.177. The van der Waals surface area contributed by atoms with Gasteiger partial charge in [0, 0.05) is 0 Å². The Hall–Kier alpha value is -1.62. The minimum Gasteiger partial charge on any atom is -0.392 e. The predicted octanol–water partition coefficient (Wildman–Crippen LogP) is 0.893. The van der Waals surface area contributed by atoms with Gasteiger partial charge in [0.15, 0.2) is 9.84 Å². The predicted molar refractivity (Wildman–Crippen MR) is 79.8 cm³/mol. The van der Waals surface area contributed by atoms with Crippen molar-refractivity contribution in [2.45, 2.75) is 29.1 Å². The third-order valence-electron chi connectivity index (χ3n) is 3.75. The third kappa shape index (κ3) is 3.24. The van der Waals surface area contributed by atoms with Crippen LogP contribution in [0.5, 0.6) is 0 Å². The fourth-order valence-corrected chi connectivity index (χ4v) is 4.95. The number of aliphatic hydroxyl groups is 1. The lowest BCUT2D eigenvalue weighted by atomic mass is 10.1. The van der Waals surface area contributed by atoms with E-state index < -0.39 is 33.0 Å². The molecule has 8 heteroatoms. The zero-order valence-corrected chi connectivity index (χ0v) is 13.1. The number of rotatable bonds is 4. The highest BCUT2D eigenvalue weighted by Crippen LogP contribution is 2.36. The molecule has 3 atom stereocenters. The molecule has 1 aliphatic carbocycles. The van der Waals surface area contributed by atoms with Gasteiger partial charge in [-0.25, -0.2) is 8.42 Å². The van der Waals surface area contributed by atoms with E-state index in [1.807, 2.05) is 0 Å². The first-order valence-electron chi connectivity index (χ1n) is 6.69. The summed E-state index contributed by atoms with van der Waals surface area (Å²) in [7, 11) is -3.73. The van der Waals surface area contributed by atoms with Crippen LogP contribution in [0.3, 0.4) is 0 Å². The molecule has 0 radical (unpaired) electrons. The van der Waals surface area contributed by atoms with E-state index in [2.05, 4.69) is 5.32 Å². The average molecular weight is 343 g/mol. The van der Waals surface area contributed by atoms with Crippen LogP contribution in [-0.4, -0.2) is 37.3 Å². The molecule has 0 saturated heterocycles. The van der Waals surface area contributed by atoms with Gasteiger partial charge in [-0.2, -0.15) is 5.26 Å². The fourth-order valence-electron chi connectivity index (χ4n) is 2.62. The van der Waals surface area contributed by atoms with Gasteiger partial charge >= 0.3 is 0 Å². The number of nitrogens with zero attached hydrogens (tertiary/aromatic N) is 1. The van der Waals surface area contributed by atoms with Crippen LogP contribution in [0.2, 0.25) is 5.02 Å². The lowest BCUT2D eigenvalue weighted by molar-refractivity contribution is -0.127. The molecule has 1 aromatic rings. The number of nitrogens with one attached hydrogen (secondary N) is 1. The monoisotopic (exact) mass is 342 g/mol. The molecule has 1 aromatic carbocycles. The second-order valence-corrected chi connectivity index (χ2v) is 7.72. The number of halogens is 1. The van der Waals surface area contributed by atoms with E-state index in [1.54, 1.807) is 18.2 Å². The fraction of sp³-hybridized carbons (Fsp3) is 0.429. The van der Waals surface area contributed by atoms with Crippen LogP contribution >= 0.6 is 11.6 Å². The van der Waals surface area contributed by atoms with Crippen molar-refractivity contribution < 1.29 is 18.3 Å². The first-order valence-corrected chi connectivity index (χ1v) is 8.61. The Labute approximate surface area is 133 Å². The maximum Gasteiger partial charge on any atom is 0.226 e. The summed E-state index contributed by atoms with van der Waals surface area (Å²) in [5, 5.41) is 20.0. The molecular formula is C14H15ClN2O4S. The molecule has 1 aliphatic rings. The number of amides is 1. The number of aliphatic hydroxyl groups excluding tert-OH is 1. The Balaban J connectivity index is 2.20. The number of carbonyl (C=O) groups is 1. The van der Waals surface area contributed by atoms with Gasteiger partial charge in [-0.1, -0.05) is 23.7 Å². The number of carbonyl (C=O) groups excluding carboxylic acids is 1. The molecule has 1 saturated carbocycles. The maximum absolute atomic E-state index is 12.6. The minimum absolute atomic E-state index is 0.00594. The van der Waals surface area contributed by atoms with E-state index in [1.165, 1.54) is 12.1 Å². The molecule has 2 N–H and O–H groups in total. The van der Waals surface area contributed by atoms with Gasteiger partial charge in [-0.05, 0) is 25.0 Å². The van der Waals surface area contributed by atoms with Crippen molar-refractivity contribution in [1.29, 1.82) is 5.26 Å². The highest BCUT2D eigenvalue weighted by molar-refractivity contribution is 7.92. The molecular weight excluding hydrogens is 328 g/mol. The summed E-state index contributed by atoms with van der Waals surface area (Å²) >= 11 is 5.93. The van der Waals surface area contributed by atoms with Crippen molar-refractivity contribution in [3.8, 4) is 6.07 Å². The summed E-state index contributed by atoms with van der Waals surface area (Å²) in [4.78, 5) is 11.9. The Morgan fingerprint density at radius 3 is 2.73 bits per heavy atom. The number of hydrogen-bond donors (Lipinski definition) is 2. The average Bonchev–Trinajstić information content (AvgIpc) is 2.88. The molecule has 22 heavy (non-hydrogen) atoms. The topological polar surface area (TPSA) is 107 Å². The number of nitriles is 1. The van der Waals surface area contributed by atoms with Crippen molar-refractivity contribution in [2.24, 2.45) is 5.92 Å². The third-order valence-corrected chi connectivity index (χ3v) is 6.42. The van der Waals surface area contributed by atoms with E-state index in [-0.39, 0.29) is 29.3 Å². The minimum atomic E-state index is -3.73. The quantitative estimate of drug-likeness (QED) is 0.790. The molecule has 0 spiro atoms. The van der Waals surface area contributed by atoms with E-state index in [9.17, 15) is 18.3 Å². The first-order chi connectivity index (χ1) is 10.4. The Bertz CT molecular complexity index is 714. The number of benzene rings is 1. The van der Waals surface area contributed by atoms with Gasteiger partial charge in [0.05, 0.1) is 33.3 Å². The number of sulfone groups is 1. The summed E-state index contributed by atoms with van der Waals surface area (Å²) < 4.78 is 25.2. The molecule has 0 bridgehead atoms. The Morgan fingerprint density at radius 1 is 1.41 bits per heavy atom. The molecule has 118 valence electrons. The lowest BCUT2D eigenvalue weighted by Crippen LogP contribution is -2.35. The van der Waals surface area contributed by atoms with Gasteiger partial charge in [-0.15, -0.1) is 0 Å². The van der Waals surface area contributed by atoms with Crippen molar-refractivity contribution in [1.82, 2.24) is 5.32 Å². The van der Waals surface area contributed by atoms with Crippen LogP contribution < -0.4 is 5.32 Å². The van der Waals surface area contributed by atoms with Crippen molar-refractivity contribution in [3.05, 3.63) is 29.3 Å².